The summed E-state index contributed by atoms with van der Waals surface area (Å²) in [5, 5.41) is 0. The second-order valence-corrected chi connectivity index (χ2v) is 6.70. The van der Waals surface area contributed by atoms with Crippen molar-refractivity contribution in [2.24, 2.45) is 5.73 Å². The summed E-state index contributed by atoms with van der Waals surface area (Å²) in [6, 6.07) is 6.86. The first-order valence-electron chi connectivity index (χ1n) is 6.36. The highest BCUT2D eigenvalue weighted by atomic mass is 32.2. The number of benzene rings is 1. The smallest absolute Gasteiger partial charge is 0.241 e. The van der Waals surface area contributed by atoms with Crippen LogP contribution in [-0.2, 0) is 14.8 Å². The molecule has 5 nitrogen and oxygen atoms in total. The van der Waals surface area contributed by atoms with E-state index >= 15 is 0 Å². The number of aryl methyl sites for hydroxylation is 1. The van der Waals surface area contributed by atoms with E-state index in [1.54, 1.807) is 18.2 Å². The first-order valence-corrected chi connectivity index (χ1v) is 7.84. The van der Waals surface area contributed by atoms with Gasteiger partial charge < -0.3 is 10.5 Å². The van der Waals surface area contributed by atoms with Gasteiger partial charge in [0.1, 0.15) is 0 Å². The molecule has 0 radical (unpaired) electrons. The van der Waals surface area contributed by atoms with Crippen LogP contribution in [0.2, 0.25) is 0 Å². The minimum Gasteiger partial charge on any atom is -0.381 e. The van der Waals surface area contributed by atoms with Gasteiger partial charge >= 0.3 is 0 Å². The lowest BCUT2D eigenvalue weighted by atomic mass is 9.92. The van der Waals surface area contributed by atoms with Crippen molar-refractivity contribution in [2.45, 2.75) is 30.2 Å². The Morgan fingerprint density at radius 1 is 1.37 bits per heavy atom. The Morgan fingerprint density at radius 2 is 2.05 bits per heavy atom. The van der Waals surface area contributed by atoms with Crippen LogP contribution in [0, 0.1) is 6.92 Å². The first-order chi connectivity index (χ1) is 8.97. The molecule has 0 unspecified atom stereocenters. The third kappa shape index (κ3) is 3.33. The Balaban J connectivity index is 2.25. The zero-order valence-electron chi connectivity index (χ0n) is 11.1. The molecule has 1 aromatic rings. The van der Waals surface area contributed by atoms with Gasteiger partial charge in [-0.3, -0.25) is 0 Å². The van der Waals surface area contributed by atoms with Gasteiger partial charge in [0, 0.05) is 25.3 Å². The Morgan fingerprint density at radius 3 is 2.63 bits per heavy atom. The summed E-state index contributed by atoms with van der Waals surface area (Å²) in [5.74, 6) is 0. The summed E-state index contributed by atoms with van der Waals surface area (Å²) < 4.78 is 32.9. The van der Waals surface area contributed by atoms with Gasteiger partial charge in [-0.05, 0) is 37.5 Å². The molecule has 19 heavy (non-hydrogen) atoms. The quantitative estimate of drug-likeness (QED) is 0.856. The summed E-state index contributed by atoms with van der Waals surface area (Å²) in [6.07, 6.45) is 1.21. The zero-order chi connectivity index (χ0) is 13.9. The molecule has 1 saturated heterocycles. The molecule has 0 spiro atoms. The topological polar surface area (TPSA) is 81.4 Å². The van der Waals surface area contributed by atoms with Crippen LogP contribution in [0.3, 0.4) is 0 Å². The van der Waals surface area contributed by atoms with Gasteiger partial charge in [-0.25, -0.2) is 13.1 Å². The van der Waals surface area contributed by atoms with Crippen LogP contribution in [0.15, 0.2) is 29.2 Å². The van der Waals surface area contributed by atoms with Crippen molar-refractivity contribution in [1.29, 1.82) is 0 Å². The molecule has 0 atom stereocenters. The lowest BCUT2D eigenvalue weighted by Gasteiger charge is -2.36. The largest absolute Gasteiger partial charge is 0.381 e. The molecule has 6 heteroatoms. The molecule has 0 aliphatic carbocycles. The molecule has 0 amide bonds. The van der Waals surface area contributed by atoms with E-state index in [9.17, 15) is 8.42 Å². The van der Waals surface area contributed by atoms with Crippen molar-refractivity contribution in [2.75, 3.05) is 19.8 Å². The predicted octanol–water partition coefficient (Wildman–Crippen LogP) is 0.781. The number of rotatable bonds is 4. The highest BCUT2D eigenvalue weighted by molar-refractivity contribution is 7.89. The summed E-state index contributed by atoms with van der Waals surface area (Å²) >= 11 is 0. The van der Waals surface area contributed by atoms with Crippen molar-refractivity contribution in [3.63, 3.8) is 0 Å². The van der Waals surface area contributed by atoms with Crippen LogP contribution >= 0.6 is 0 Å². The molecule has 1 aliphatic rings. The molecule has 0 bridgehead atoms. The molecule has 1 heterocycles. The van der Waals surface area contributed by atoms with E-state index in [2.05, 4.69) is 4.72 Å². The van der Waals surface area contributed by atoms with Gasteiger partial charge in [0.15, 0.2) is 0 Å². The maximum absolute atomic E-state index is 12.4. The summed E-state index contributed by atoms with van der Waals surface area (Å²) in [4.78, 5) is 0.284. The molecular formula is C13H20N2O3S. The third-order valence-electron chi connectivity index (χ3n) is 3.49. The molecule has 0 saturated carbocycles. The van der Waals surface area contributed by atoms with Crippen LogP contribution in [0.1, 0.15) is 18.4 Å². The van der Waals surface area contributed by atoms with E-state index in [1.165, 1.54) is 0 Å². The summed E-state index contributed by atoms with van der Waals surface area (Å²) in [7, 11) is -3.54. The van der Waals surface area contributed by atoms with Crippen molar-refractivity contribution >= 4 is 10.0 Å². The molecule has 1 aromatic carbocycles. The number of hydrogen-bond donors (Lipinski definition) is 2. The first kappa shape index (κ1) is 14.5. The highest BCUT2D eigenvalue weighted by Gasteiger charge is 2.35. The van der Waals surface area contributed by atoms with Crippen molar-refractivity contribution in [3.8, 4) is 0 Å². The molecule has 106 valence electrons. The Kier molecular flexibility index (Phi) is 4.25. The summed E-state index contributed by atoms with van der Waals surface area (Å²) in [6.45, 7) is 3.22. The van der Waals surface area contributed by atoms with Crippen molar-refractivity contribution in [3.05, 3.63) is 29.8 Å². The SMILES string of the molecule is Cc1cccc(S(=O)(=O)NC2(CN)CCOCC2)c1. The van der Waals surface area contributed by atoms with Crippen LogP contribution in [-0.4, -0.2) is 33.7 Å². The Labute approximate surface area is 114 Å². The molecular weight excluding hydrogens is 264 g/mol. The van der Waals surface area contributed by atoms with E-state index in [1.807, 2.05) is 13.0 Å². The van der Waals surface area contributed by atoms with E-state index in [0.29, 0.717) is 26.1 Å². The van der Waals surface area contributed by atoms with Crippen molar-refractivity contribution < 1.29 is 13.2 Å². The average molecular weight is 284 g/mol. The number of hydrogen-bond acceptors (Lipinski definition) is 4. The fourth-order valence-corrected chi connectivity index (χ4v) is 3.81. The monoisotopic (exact) mass is 284 g/mol. The fourth-order valence-electron chi connectivity index (χ4n) is 2.24. The van der Waals surface area contributed by atoms with Gasteiger partial charge in [-0.1, -0.05) is 12.1 Å². The maximum Gasteiger partial charge on any atom is 0.241 e. The third-order valence-corrected chi connectivity index (χ3v) is 5.07. The normalized spacial score (nSPS) is 19.3. The predicted molar refractivity (Wildman–Crippen MR) is 73.3 cm³/mol. The van der Waals surface area contributed by atoms with Gasteiger partial charge in [-0.2, -0.15) is 0 Å². The highest BCUT2D eigenvalue weighted by Crippen LogP contribution is 2.23. The number of nitrogens with one attached hydrogen (secondary N) is 1. The zero-order valence-corrected chi connectivity index (χ0v) is 11.9. The fraction of sp³-hybridized carbons (Fsp3) is 0.538. The van der Waals surface area contributed by atoms with Gasteiger partial charge in [0.2, 0.25) is 10.0 Å². The van der Waals surface area contributed by atoms with Crippen LogP contribution in [0.5, 0.6) is 0 Å². The number of ether oxygens (including phenoxy) is 1. The van der Waals surface area contributed by atoms with Gasteiger partial charge in [0.25, 0.3) is 0 Å². The summed E-state index contributed by atoms with van der Waals surface area (Å²) in [5.41, 5.74) is 6.10. The maximum atomic E-state index is 12.4. The average Bonchev–Trinajstić information content (AvgIpc) is 2.39. The standard InChI is InChI=1S/C13H20N2O3S/c1-11-3-2-4-12(9-11)19(16,17)15-13(10-14)5-7-18-8-6-13/h2-4,9,15H,5-8,10,14H2,1H3. The molecule has 1 fully saturated rings. The van der Waals surface area contributed by atoms with Crippen LogP contribution in [0.25, 0.3) is 0 Å². The van der Waals surface area contributed by atoms with E-state index < -0.39 is 15.6 Å². The van der Waals surface area contributed by atoms with E-state index in [4.69, 9.17) is 10.5 Å². The van der Waals surface area contributed by atoms with Crippen molar-refractivity contribution in [1.82, 2.24) is 4.72 Å². The lowest BCUT2D eigenvalue weighted by Crippen LogP contribution is -2.56. The van der Waals surface area contributed by atoms with E-state index in [-0.39, 0.29) is 11.4 Å². The van der Waals surface area contributed by atoms with E-state index in [0.717, 1.165) is 5.56 Å². The molecule has 1 aliphatic heterocycles. The van der Waals surface area contributed by atoms with Gasteiger partial charge in [-0.15, -0.1) is 0 Å². The second kappa shape index (κ2) is 5.58. The number of sulfonamides is 1. The molecule has 3 N–H and O–H groups in total. The molecule has 2 rings (SSSR count). The second-order valence-electron chi connectivity index (χ2n) is 5.02. The minimum absolute atomic E-state index is 0.279. The minimum atomic E-state index is -3.54. The molecule has 0 aromatic heterocycles. The number of nitrogens with two attached hydrogens (primary N) is 1. The lowest BCUT2D eigenvalue weighted by molar-refractivity contribution is 0.0502. The van der Waals surface area contributed by atoms with Crippen LogP contribution in [0.4, 0.5) is 0 Å². The Hall–Kier alpha value is -0.950. The van der Waals surface area contributed by atoms with Crippen LogP contribution < -0.4 is 10.5 Å². The van der Waals surface area contributed by atoms with Gasteiger partial charge in [0.05, 0.1) is 4.90 Å². The Bertz CT molecular complexity index is 537.